The largest absolute Gasteiger partial charge is 0.323 e. The molecule has 1 nitrogen and oxygen atoms in total. The van der Waals surface area contributed by atoms with E-state index >= 15 is 0 Å². The van der Waals surface area contributed by atoms with Crippen LogP contribution < -0.4 is 5.73 Å². The normalized spacial score (nSPS) is 12.9. The van der Waals surface area contributed by atoms with Crippen molar-refractivity contribution in [2.45, 2.75) is 32.2 Å². The standard InChI is InChI=1S/C13H17NS2/c1-2-11-6-8-16-13(11)12(14)4-3-10-5-7-15-9-10/h5-9,12H,2-4,14H2,1H3. The molecule has 1 unspecified atom stereocenters. The highest BCUT2D eigenvalue weighted by Gasteiger charge is 2.11. The number of hydrogen-bond acceptors (Lipinski definition) is 3. The molecule has 86 valence electrons. The molecule has 2 aromatic rings. The molecule has 0 saturated carbocycles. The second-order valence-electron chi connectivity index (χ2n) is 3.94. The van der Waals surface area contributed by atoms with Crippen LogP contribution in [0.2, 0.25) is 0 Å². The van der Waals surface area contributed by atoms with Gasteiger partial charge in [-0.3, -0.25) is 0 Å². The van der Waals surface area contributed by atoms with Crippen molar-refractivity contribution >= 4 is 22.7 Å². The van der Waals surface area contributed by atoms with Crippen LogP contribution in [0.25, 0.3) is 0 Å². The summed E-state index contributed by atoms with van der Waals surface area (Å²) in [6, 6.07) is 4.59. The van der Waals surface area contributed by atoms with E-state index in [0.717, 1.165) is 19.3 Å². The molecule has 16 heavy (non-hydrogen) atoms. The molecular weight excluding hydrogens is 234 g/mol. The lowest BCUT2D eigenvalue weighted by Gasteiger charge is -2.11. The van der Waals surface area contributed by atoms with E-state index in [1.807, 2.05) is 0 Å². The zero-order valence-corrected chi connectivity index (χ0v) is 11.1. The minimum absolute atomic E-state index is 0.204. The molecule has 0 aliphatic rings. The van der Waals surface area contributed by atoms with E-state index in [4.69, 9.17) is 5.73 Å². The minimum Gasteiger partial charge on any atom is -0.323 e. The molecule has 3 heteroatoms. The summed E-state index contributed by atoms with van der Waals surface area (Å²) >= 11 is 3.56. The summed E-state index contributed by atoms with van der Waals surface area (Å²) in [6.07, 6.45) is 3.22. The Bertz CT molecular complexity index is 417. The van der Waals surface area contributed by atoms with Crippen LogP contribution >= 0.6 is 22.7 Å². The van der Waals surface area contributed by atoms with Gasteiger partial charge in [-0.1, -0.05) is 6.92 Å². The molecule has 0 saturated heterocycles. The summed E-state index contributed by atoms with van der Waals surface area (Å²) in [6.45, 7) is 2.19. The third-order valence-corrected chi connectivity index (χ3v) is 4.65. The monoisotopic (exact) mass is 251 g/mol. The summed E-state index contributed by atoms with van der Waals surface area (Å²) in [4.78, 5) is 1.37. The van der Waals surface area contributed by atoms with Crippen LogP contribution in [0.3, 0.4) is 0 Å². The Hall–Kier alpha value is -0.640. The Morgan fingerprint density at radius 1 is 1.31 bits per heavy atom. The first-order valence-corrected chi connectivity index (χ1v) is 7.46. The lowest BCUT2D eigenvalue weighted by Crippen LogP contribution is -2.11. The highest BCUT2D eigenvalue weighted by Crippen LogP contribution is 2.26. The molecule has 2 N–H and O–H groups in total. The van der Waals surface area contributed by atoms with Crippen LogP contribution in [0.1, 0.15) is 35.4 Å². The Morgan fingerprint density at radius 3 is 2.88 bits per heavy atom. The second kappa shape index (κ2) is 5.62. The van der Waals surface area contributed by atoms with Crippen molar-refractivity contribution < 1.29 is 0 Å². The molecule has 0 aliphatic heterocycles. The molecule has 0 aromatic carbocycles. The van der Waals surface area contributed by atoms with Gasteiger partial charge in [-0.25, -0.2) is 0 Å². The molecule has 0 radical (unpaired) electrons. The lowest BCUT2D eigenvalue weighted by molar-refractivity contribution is 0.657. The first-order chi connectivity index (χ1) is 7.81. The molecule has 2 aromatic heterocycles. The van der Waals surface area contributed by atoms with Gasteiger partial charge in [0.25, 0.3) is 0 Å². The Kier molecular flexibility index (Phi) is 4.16. The molecule has 0 bridgehead atoms. The summed E-state index contributed by atoms with van der Waals surface area (Å²) in [5, 5.41) is 6.49. The molecule has 0 amide bonds. The maximum Gasteiger partial charge on any atom is 0.0395 e. The number of rotatable bonds is 5. The van der Waals surface area contributed by atoms with E-state index in [0.29, 0.717) is 0 Å². The van der Waals surface area contributed by atoms with Gasteiger partial charge in [-0.05, 0) is 58.7 Å². The van der Waals surface area contributed by atoms with Crippen LogP contribution in [0, 0.1) is 0 Å². The second-order valence-corrected chi connectivity index (χ2v) is 5.67. The third-order valence-electron chi connectivity index (χ3n) is 2.82. The highest BCUT2D eigenvalue weighted by molar-refractivity contribution is 7.10. The molecule has 0 fully saturated rings. The van der Waals surface area contributed by atoms with Gasteiger partial charge in [0.15, 0.2) is 0 Å². The van der Waals surface area contributed by atoms with E-state index < -0.39 is 0 Å². The van der Waals surface area contributed by atoms with Gasteiger partial charge in [0.2, 0.25) is 0 Å². The van der Waals surface area contributed by atoms with E-state index in [1.165, 1.54) is 16.0 Å². The van der Waals surface area contributed by atoms with Crippen LogP contribution in [-0.2, 0) is 12.8 Å². The first kappa shape index (κ1) is 11.8. The number of hydrogen-bond donors (Lipinski definition) is 1. The molecule has 1 atom stereocenters. The van der Waals surface area contributed by atoms with Gasteiger partial charge >= 0.3 is 0 Å². The topological polar surface area (TPSA) is 26.0 Å². The fraction of sp³-hybridized carbons (Fsp3) is 0.385. The lowest BCUT2D eigenvalue weighted by atomic mass is 10.0. The Balaban J connectivity index is 1.95. The average Bonchev–Trinajstić information content (AvgIpc) is 2.96. The van der Waals surface area contributed by atoms with Crippen molar-refractivity contribution in [2.75, 3.05) is 0 Å². The van der Waals surface area contributed by atoms with Gasteiger partial charge < -0.3 is 5.73 Å². The van der Waals surface area contributed by atoms with Crippen molar-refractivity contribution in [1.29, 1.82) is 0 Å². The van der Waals surface area contributed by atoms with Crippen molar-refractivity contribution in [3.63, 3.8) is 0 Å². The summed E-state index contributed by atoms with van der Waals surface area (Å²) in [5.41, 5.74) is 9.08. The van der Waals surface area contributed by atoms with Crippen molar-refractivity contribution in [3.05, 3.63) is 44.3 Å². The van der Waals surface area contributed by atoms with Gasteiger partial charge in [-0.2, -0.15) is 11.3 Å². The van der Waals surface area contributed by atoms with Crippen molar-refractivity contribution in [2.24, 2.45) is 5.73 Å². The third kappa shape index (κ3) is 2.73. The Labute approximate surface area is 105 Å². The number of aryl methyl sites for hydroxylation is 2. The van der Waals surface area contributed by atoms with Gasteiger partial charge in [-0.15, -0.1) is 11.3 Å². The number of thiophene rings is 2. The van der Waals surface area contributed by atoms with Crippen LogP contribution in [0.15, 0.2) is 28.3 Å². The van der Waals surface area contributed by atoms with E-state index in [9.17, 15) is 0 Å². The highest BCUT2D eigenvalue weighted by atomic mass is 32.1. The zero-order valence-electron chi connectivity index (χ0n) is 9.48. The summed E-state index contributed by atoms with van der Waals surface area (Å²) < 4.78 is 0. The van der Waals surface area contributed by atoms with E-state index in [2.05, 4.69) is 35.2 Å². The quantitative estimate of drug-likeness (QED) is 0.854. The maximum absolute atomic E-state index is 6.25. The van der Waals surface area contributed by atoms with Gasteiger partial charge in [0.1, 0.15) is 0 Å². The smallest absolute Gasteiger partial charge is 0.0395 e. The summed E-state index contributed by atoms with van der Waals surface area (Å²) in [7, 11) is 0. The molecule has 0 spiro atoms. The zero-order chi connectivity index (χ0) is 11.4. The van der Waals surface area contributed by atoms with Crippen LogP contribution in [-0.4, -0.2) is 0 Å². The number of nitrogens with two attached hydrogens (primary N) is 1. The first-order valence-electron chi connectivity index (χ1n) is 5.64. The fourth-order valence-corrected chi connectivity index (χ4v) is 3.59. The summed E-state index contributed by atoms with van der Waals surface area (Å²) in [5.74, 6) is 0. The van der Waals surface area contributed by atoms with E-state index in [1.54, 1.807) is 22.7 Å². The molecule has 0 aliphatic carbocycles. The SMILES string of the molecule is CCc1ccsc1C(N)CCc1ccsc1. The van der Waals surface area contributed by atoms with Gasteiger partial charge in [0, 0.05) is 10.9 Å². The average molecular weight is 251 g/mol. The molecular formula is C13H17NS2. The molecule has 2 heterocycles. The van der Waals surface area contributed by atoms with E-state index in [-0.39, 0.29) is 6.04 Å². The van der Waals surface area contributed by atoms with Crippen molar-refractivity contribution in [3.8, 4) is 0 Å². The predicted molar refractivity (Wildman–Crippen MR) is 73.3 cm³/mol. The van der Waals surface area contributed by atoms with Gasteiger partial charge in [0.05, 0.1) is 0 Å². The van der Waals surface area contributed by atoms with Crippen LogP contribution in [0.4, 0.5) is 0 Å². The van der Waals surface area contributed by atoms with Crippen molar-refractivity contribution in [1.82, 2.24) is 0 Å². The predicted octanol–water partition coefficient (Wildman–Crippen LogP) is 4.00. The Morgan fingerprint density at radius 2 is 2.19 bits per heavy atom. The van der Waals surface area contributed by atoms with Crippen LogP contribution in [0.5, 0.6) is 0 Å². The fourth-order valence-electron chi connectivity index (χ4n) is 1.85. The minimum atomic E-state index is 0.204. The maximum atomic E-state index is 6.25. The molecule has 2 rings (SSSR count).